The lowest BCUT2D eigenvalue weighted by molar-refractivity contribution is 0.321. The molecule has 0 bridgehead atoms. The van der Waals surface area contributed by atoms with E-state index in [4.69, 9.17) is 16.6 Å². The zero-order chi connectivity index (χ0) is 17.9. The summed E-state index contributed by atoms with van der Waals surface area (Å²) >= 11 is 8.03. The van der Waals surface area contributed by atoms with Gasteiger partial charge in [0.2, 0.25) is 0 Å². The van der Waals surface area contributed by atoms with Crippen LogP contribution in [0.5, 0.6) is 0 Å². The molecule has 1 fully saturated rings. The van der Waals surface area contributed by atoms with Gasteiger partial charge < -0.3 is 5.32 Å². The van der Waals surface area contributed by atoms with Gasteiger partial charge in [-0.3, -0.25) is 9.97 Å². The normalized spacial score (nSPS) is 20.2. The summed E-state index contributed by atoms with van der Waals surface area (Å²) in [5, 5.41) is 7.64. The van der Waals surface area contributed by atoms with Crippen molar-refractivity contribution in [1.82, 2.24) is 20.3 Å². The van der Waals surface area contributed by atoms with Gasteiger partial charge in [0.25, 0.3) is 0 Å². The number of thiazole rings is 1. The minimum Gasteiger partial charge on any atom is -0.300 e. The first-order valence-corrected chi connectivity index (χ1v) is 10.2. The summed E-state index contributed by atoms with van der Waals surface area (Å²) in [7, 11) is 0. The second kappa shape index (κ2) is 7.82. The minimum absolute atomic E-state index is 0.175. The molecule has 0 saturated carbocycles. The molecule has 26 heavy (non-hydrogen) atoms. The highest BCUT2D eigenvalue weighted by Crippen LogP contribution is 2.33. The van der Waals surface area contributed by atoms with E-state index in [1.54, 1.807) is 17.5 Å². The first-order valence-electron chi connectivity index (χ1n) is 8.92. The molecule has 0 aliphatic carbocycles. The summed E-state index contributed by atoms with van der Waals surface area (Å²) in [4.78, 5) is 13.9. The van der Waals surface area contributed by atoms with Crippen LogP contribution in [-0.2, 0) is 6.42 Å². The Morgan fingerprint density at radius 2 is 2.00 bits per heavy atom. The first-order chi connectivity index (χ1) is 12.7. The van der Waals surface area contributed by atoms with Gasteiger partial charge in [-0.15, -0.1) is 11.3 Å². The molecule has 1 aliphatic rings. The number of halogens is 1. The van der Waals surface area contributed by atoms with Gasteiger partial charge in [-0.1, -0.05) is 17.7 Å². The van der Waals surface area contributed by atoms with Crippen LogP contribution in [0.1, 0.15) is 59.1 Å². The van der Waals surface area contributed by atoms with Crippen LogP contribution in [0.4, 0.5) is 0 Å². The highest BCUT2D eigenvalue weighted by molar-refractivity contribution is 7.09. The van der Waals surface area contributed by atoms with E-state index in [1.165, 1.54) is 0 Å². The maximum Gasteiger partial charge on any atom is 0.0897 e. The molecule has 1 N–H and O–H groups in total. The number of piperidine rings is 1. The second-order valence-electron chi connectivity index (χ2n) is 6.66. The van der Waals surface area contributed by atoms with Crippen molar-refractivity contribution in [3.05, 3.63) is 74.7 Å². The summed E-state index contributed by atoms with van der Waals surface area (Å²) in [5.41, 5.74) is 4.18. The highest BCUT2D eigenvalue weighted by Gasteiger charge is 2.26. The van der Waals surface area contributed by atoms with E-state index in [2.05, 4.69) is 38.9 Å². The van der Waals surface area contributed by atoms with Crippen LogP contribution in [0.25, 0.3) is 0 Å². The number of hydrogen-bond donors (Lipinski definition) is 1. The first kappa shape index (κ1) is 17.6. The number of aromatic nitrogens is 3. The lowest BCUT2D eigenvalue weighted by Gasteiger charge is -2.31. The molecular formula is C20H21ClN4S. The number of nitrogens with one attached hydrogen (secondary N) is 1. The topological polar surface area (TPSA) is 50.7 Å². The summed E-state index contributed by atoms with van der Waals surface area (Å²) in [6.45, 7) is 2.03. The summed E-state index contributed by atoms with van der Waals surface area (Å²) in [5.74, 6) is 0. The standard InChI is InChI=1S/C20H21ClN4S/c1-13-23-15(12-26-13)11-14-5-2-7-17(24-14)18-8-3-9-19(25-18)20-16(21)6-4-10-22-20/h2,4-7,10,12,18-19,25H,3,8-9,11H2,1H3/t18-,19+/m1/s1. The van der Waals surface area contributed by atoms with Gasteiger partial charge in [-0.2, -0.15) is 0 Å². The van der Waals surface area contributed by atoms with Crippen LogP contribution in [0.15, 0.2) is 41.9 Å². The fourth-order valence-corrected chi connectivity index (χ4v) is 4.37. The molecule has 0 aromatic carbocycles. The lowest BCUT2D eigenvalue weighted by Crippen LogP contribution is -2.32. The fraction of sp³-hybridized carbons (Fsp3) is 0.350. The molecule has 2 atom stereocenters. The van der Waals surface area contributed by atoms with Crippen molar-refractivity contribution in [2.45, 2.75) is 44.7 Å². The van der Waals surface area contributed by atoms with Gasteiger partial charge in [0.05, 0.1) is 33.2 Å². The monoisotopic (exact) mass is 384 g/mol. The molecule has 0 amide bonds. The Labute approximate surface area is 162 Å². The van der Waals surface area contributed by atoms with Crippen molar-refractivity contribution in [3.63, 3.8) is 0 Å². The van der Waals surface area contributed by atoms with Gasteiger partial charge in [-0.05, 0) is 50.5 Å². The molecular weight excluding hydrogens is 364 g/mol. The number of hydrogen-bond acceptors (Lipinski definition) is 5. The molecule has 3 aromatic heterocycles. The van der Waals surface area contributed by atoms with Crippen molar-refractivity contribution in [2.24, 2.45) is 0 Å². The summed E-state index contributed by atoms with van der Waals surface area (Å²) in [6, 6.07) is 10.5. The Bertz CT molecular complexity index is 895. The maximum absolute atomic E-state index is 6.34. The maximum atomic E-state index is 6.34. The molecule has 134 valence electrons. The molecule has 4 rings (SSSR count). The average molecular weight is 385 g/mol. The van der Waals surface area contributed by atoms with Crippen LogP contribution in [0.3, 0.4) is 0 Å². The van der Waals surface area contributed by atoms with Crippen molar-refractivity contribution in [1.29, 1.82) is 0 Å². The van der Waals surface area contributed by atoms with Gasteiger partial charge in [0, 0.05) is 29.7 Å². The quantitative estimate of drug-likeness (QED) is 0.684. The van der Waals surface area contributed by atoms with Gasteiger partial charge in [-0.25, -0.2) is 4.98 Å². The second-order valence-corrected chi connectivity index (χ2v) is 8.13. The molecule has 0 radical (unpaired) electrons. The number of pyridine rings is 2. The van der Waals surface area contributed by atoms with Gasteiger partial charge >= 0.3 is 0 Å². The third-order valence-electron chi connectivity index (χ3n) is 4.72. The predicted octanol–water partition coefficient (Wildman–Crippen LogP) is 5.04. The SMILES string of the molecule is Cc1nc(Cc2cccc([C@H]3CCC[C@@H](c4ncccc4Cl)N3)n2)cs1. The van der Waals surface area contributed by atoms with E-state index in [9.17, 15) is 0 Å². The highest BCUT2D eigenvalue weighted by atomic mass is 35.5. The van der Waals surface area contributed by atoms with E-state index in [-0.39, 0.29) is 12.1 Å². The minimum atomic E-state index is 0.175. The Morgan fingerprint density at radius 3 is 2.81 bits per heavy atom. The Kier molecular flexibility index (Phi) is 5.29. The van der Waals surface area contributed by atoms with E-state index < -0.39 is 0 Å². The third-order valence-corrected chi connectivity index (χ3v) is 5.86. The van der Waals surface area contributed by atoms with Crippen LogP contribution in [0.2, 0.25) is 5.02 Å². The smallest absolute Gasteiger partial charge is 0.0897 e. The molecule has 4 heterocycles. The fourth-order valence-electron chi connectivity index (χ4n) is 3.50. The van der Waals surface area contributed by atoms with Crippen LogP contribution in [0, 0.1) is 6.92 Å². The summed E-state index contributed by atoms with van der Waals surface area (Å²) in [6.07, 6.45) is 5.84. The molecule has 4 nitrogen and oxygen atoms in total. The van der Waals surface area contributed by atoms with E-state index >= 15 is 0 Å². The lowest BCUT2D eigenvalue weighted by atomic mass is 9.94. The van der Waals surface area contributed by atoms with Crippen LogP contribution >= 0.6 is 22.9 Å². The molecule has 1 saturated heterocycles. The van der Waals surface area contributed by atoms with E-state index in [0.29, 0.717) is 0 Å². The molecule has 3 aromatic rings. The van der Waals surface area contributed by atoms with Crippen LogP contribution < -0.4 is 5.32 Å². The Morgan fingerprint density at radius 1 is 1.12 bits per heavy atom. The van der Waals surface area contributed by atoms with Crippen molar-refractivity contribution >= 4 is 22.9 Å². The van der Waals surface area contributed by atoms with Gasteiger partial charge in [0.15, 0.2) is 0 Å². The molecule has 0 unspecified atom stereocenters. The molecule has 0 spiro atoms. The molecule has 6 heteroatoms. The Balaban J connectivity index is 1.52. The summed E-state index contributed by atoms with van der Waals surface area (Å²) < 4.78 is 0. The number of nitrogens with zero attached hydrogens (tertiary/aromatic N) is 3. The van der Waals surface area contributed by atoms with Crippen LogP contribution in [-0.4, -0.2) is 15.0 Å². The predicted molar refractivity (Wildman–Crippen MR) is 106 cm³/mol. The van der Waals surface area contributed by atoms with Crippen molar-refractivity contribution < 1.29 is 0 Å². The zero-order valence-corrected chi connectivity index (χ0v) is 16.2. The largest absolute Gasteiger partial charge is 0.300 e. The molecule has 1 aliphatic heterocycles. The number of rotatable bonds is 4. The van der Waals surface area contributed by atoms with Crippen molar-refractivity contribution in [2.75, 3.05) is 0 Å². The zero-order valence-electron chi connectivity index (χ0n) is 14.7. The Hall–Kier alpha value is -1.82. The van der Waals surface area contributed by atoms with E-state index in [0.717, 1.165) is 58.5 Å². The van der Waals surface area contributed by atoms with E-state index in [1.807, 2.05) is 19.1 Å². The van der Waals surface area contributed by atoms with Gasteiger partial charge in [0.1, 0.15) is 0 Å². The average Bonchev–Trinajstić information content (AvgIpc) is 3.07. The number of aryl methyl sites for hydroxylation is 1. The third kappa shape index (κ3) is 3.95. The van der Waals surface area contributed by atoms with Crippen molar-refractivity contribution in [3.8, 4) is 0 Å².